The second kappa shape index (κ2) is 10.9. The molecule has 0 bridgehead atoms. The molecule has 0 saturated carbocycles. The Kier molecular flexibility index (Phi) is 8.08. The van der Waals surface area contributed by atoms with Crippen LogP contribution >= 0.6 is 11.6 Å². The van der Waals surface area contributed by atoms with E-state index in [2.05, 4.69) is 4.90 Å². The summed E-state index contributed by atoms with van der Waals surface area (Å²) in [5, 5.41) is 1.86. The monoisotopic (exact) mass is 550 g/mol. The van der Waals surface area contributed by atoms with Crippen LogP contribution < -0.4 is 0 Å². The molecule has 0 radical (unpaired) electrons. The summed E-state index contributed by atoms with van der Waals surface area (Å²) in [6.45, 7) is 2.99. The number of hydrogen-bond acceptors (Lipinski definition) is 7. The summed E-state index contributed by atoms with van der Waals surface area (Å²) >= 11 is 6.02. The summed E-state index contributed by atoms with van der Waals surface area (Å²) < 4.78 is 27.4. The highest BCUT2D eigenvalue weighted by Crippen LogP contribution is 2.29. The van der Waals surface area contributed by atoms with Gasteiger partial charge >= 0.3 is 6.47 Å². The van der Waals surface area contributed by atoms with Crippen LogP contribution in [0.15, 0.2) is 41.3 Å². The summed E-state index contributed by atoms with van der Waals surface area (Å²) in [6.07, 6.45) is 1.77. The Labute approximate surface area is 221 Å². The molecule has 2 amide bonds. The van der Waals surface area contributed by atoms with Crippen molar-refractivity contribution in [2.45, 2.75) is 49.2 Å². The minimum atomic E-state index is -4.39. The molecule has 2 aliphatic rings. The molecule has 4 rings (SSSR count). The van der Waals surface area contributed by atoms with Crippen molar-refractivity contribution in [3.05, 3.63) is 41.4 Å². The summed E-state index contributed by atoms with van der Waals surface area (Å²) in [5.41, 5.74) is 0. The van der Waals surface area contributed by atoms with Gasteiger partial charge in [-0.05, 0) is 79.8 Å². The number of fused-ring (bicyclic) bond motifs is 1. The van der Waals surface area contributed by atoms with E-state index < -0.39 is 28.0 Å². The van der Waals surface area contributed by atoms with Crippen molar-refractivity contribution in [1.29, 1.82) is 0 Å². The van der Waals surface area contributed by atoms with E-state index in [-0.39, 0.29) is 30.2 Å². The molecule has 12 heteroatoms. The molecule has 2 aromatic rings. The molecule has 0 spiro atoms. The van der Waals surface area contributed by atoms with Gasteiger partial charge in [0.25, 0.3) is 10.0 Å². The van der Waals surface area contributed by atoms with Crippen LogP contribution in [0.4, 0.5) is 0 Å². The van der Waals surface area contributed by atoms with E-state index in [1.54, 1.807) is 36.1 Å². The molecule has 0 aliphatic carbocycles. The average Bonchev–Trinajstić information content (AvgIpc) is 3.26. The summed E-state index contributed by atoms with van der Waals surface area (Å²) in [4.78, 5) is 47.8. The maximum atomic E-state index is 13.5. The first-order chi connectivity index (χ1) is 17.5. The molecule has 2 atom stereocenters. The largest absolute Gasteiger partial charge is 0.355 e. The van der Waals surface area contributed by atoms with E-state index in [0.717, 1.165) is 18.2 Å². The molecule has 10 nitrogen and oxygen atoms in total. The summed E-state index contributed by atoms with van der Waals surface area (Å²) in [6, 6.07) is 7.79. The second-order valence-corrected chi connectivity index (χ2v) is 11.9. The van der Waals surface area contributed by atoms with Crippen LogP contribution in [0.3, 0.4) is 0 Å². The van der Waals surface area contributed by atoms with Crippen molar-refractivity contribution in [1.82, 2.24) is 19.2 Å². The molecule has 200 valence electrons. The number of rotatable bonds is 8. The standard InChI is InChI=1S/C25H31ClN4O6S/c1-17(24(32)28-11-8-21(9-12-28)27(2)3)29-13-10-23(25(29)33)30(36-16-31)37(34,35)22-7-5-18-14-20(26)6-4-19(18)15-22/h4-7,14-17,21,23H,8-13H2,1-3H3/t17-,23-/m0/s1. The van der Waals surface area contributed by atoms with E-state index in [0.29, 0.717) is 34.0 Å². The zero-order valence-electron chi connectivity index (χ0n) is 21.0. The molecule has 2 aliphatic heterocycles. The molecule has 37 heavy (non-hydrogen) atoms. The number of nitrogens with zero attached hydrogens (tertiary/aromatic N) is 4. The number of likely N-dealkylation sites (tertiary alicyclic amines) is 2. The molecule has 0 N–H and O–H groups in total. The zero-order chi connectivity index (χ0) is 26.9. The maximum Gasteiger partial charge on any atom is 0.314 e. The Morgan fingerprint density at radius 1 is 1.08 bits per heavy atom. The number of piperidine rings is 1. The second-order valence-electron chi connectivity index (χ2n) is 9.65. The SMILES string of the molecule is C[C@@H](C(=O)N1CCC(N(C)C)CC1)N1CC[C@H](N(OC=O)S(=O)(=O)c2ccc3cc(Cl)ccc3c2)C1=O. The Hall–Kier alpha value is -2.73. The van der Waals surface area contributed by atoms with E-state index in [1.807, 2.05) is 14.1 Å². The number of carbonyl (C=O) groups is 3. The van der Waals surface area contributed by atoms with Crippen molar-refractivity contribution in [2.24, 2.45) is 0 Å². The highest BCUT2D eigenvalue weighted by molar-refractivity contribution is 7.89. The van der Waals surface area contributed by atoms with Crippen LogP contribution in [0, 0.1) is 0 Å². The number of halogens is 1. The topological polar surface area (TPSA) is 108 Å². The van der Waals surface area contributed by atoms with Gasteiger partial charge in [-0.25, -0.2) is 8.42 Å². The maximum absolute atomic E-state index is 13.5. The van der Waals surface area contributed by atoms with Gasteiger partial charge in [0.1, 0.15) is 12.1 Å². The third kappa shape index (κ3) is 5.45. The Morgan fingerprint density at radius 2 is 1.73 bits per heavy atom. The molecular formula is C25H31ClN4O6S. The third-order valence-electron chi connectivity index (χ3n) is 7.25. The average molecular weight is 551 g/mol. The van der Waals surface area contributed by atoms with Crippen LogP contribution in [0.25, 0.3) is 10.8 Å². The number of amides is 2. The fourth-order valence-electron chi connectivity index (χ4n) is 5.07. The summed E-state index contributed by atoms with van der Waals surface area (Å²) in [7, 11) is -0.353. The Balaban J connectivity index is 1.52. The van der Waals surface area contributed by atoms with Crippen molar-refractivity contribution < 1.29 is 27.6 Å². The number of carbonyl (C=O) groups excluding carboxylic acids is 3. The van der Waals surface area contributed by atoms with Gasteiger partial charge in [0.15, 0.2) is 0 Å². The van der Waals surface area contributed by atoms with Crippen LogP contribution in [0.5, 0.6) is 0 Å². The van der Waals surface area contributed by atoms with Gasteiger partial charge in [-0.15, -0.1) is 0 Å². The Bertz CT molecular complexity index is 1300. The van der Waals surface area contributed by atoms with Crippen molar-refractivity contribution in [2.75, 3.05) is 33.7 Å². The zero-order valence-corrected chi connectivity index (χ0v) is 22.6. The van der Waals surface area contributed by atoms with Crippen molar-refractivity contribution in [3.63, 3.8) is 0 Å². The number of hydroxylamine groups is 1. The molecule has 2 saturated heterocycles. The third-order valence-corrected chi connectivity index (χ3v) is 9.15. The highest BCUT2D eigenvalue weighted by Gasteiger charge is 2.47. The van der Waals surface area contributed by atoms with E-state index in [9.17, 15) is 22.8 Å². The van der Waals surface area contributed by atoms with Gasteiger partial charge in [-0.1, -0.05) is 23.7 Å². The molecular weight excluding hydrogens is 520 g/mol. The van der Waals surface area contributed by atoms with Crippen LogP contribution in [0.1, 0.15) is 26.2 Å². The van der Waals surface area contributed by atoms with Crippen LogP contribution in [-0.4, -0.2) is 97.7 Å². The lowest BCUT2D eigenvalue weighted by molar-refractivity contribution is -0.163. The lowest BCUT2D eigenvalue weighted by Crippen LogP contribution is -2.53. The van der Waals surface area contributed by atoms with Crippen molar-refractivity contribution in [3.8, 4) is 0 Å². The molecule has 2 aromatic carbocycles. The number of benzene rings is 2. The quantitative estimate of drug-likeness (QED) is 0.366. The van der Waals surface area contributed by atoms with E-state index in [4.69, 9.17) is 16.4 Å². The fraction of sp³-hybridized carbons (Fsp3) is 0.480. The van der Waals surface area contributed by atoms with Gasteiger partial charge in [0.2, 0.25) is 11.8 Å². The highest BCUT2D eigenvalue weighted by atomic mass is 35.5. The lowest BCUT2D eigenvalue weighted by atomic mass is 10.0. The normalized spacial score (nSPS) is 20.2. The van der Waals surface area contributed by atoms with Gasteiger partial charge < -0.3 is 19.5 Å². The molecule has 2 fully saturated rings. The van der Waals surface area contributed by atoms with Gasteiger partial charge in [-0.2, -0.15) is 0 Å². The van der Waals surface area contributed by atoms with Crippen molar-refractivity contribution >= 4 is 50.7 Å². The molecule has 0 aromatic heterocycles. The first kappa shape index (κ1) is 27.3. The smallest absolute Gasteiger partial charge is 0.314 e. The van der Waals surface area contributed by atoms with E-state index >= 15 is 0 Å². The molecule has 0 unspecified atom stereocenters. The lowest BCUT2D eigenvalue weighted by Gasteiger charge is -2.37. The minimum Gasteiger partial charge on any atom is -0.355 e. The predicted octanol–water partition coefficient (Wildman–Crippen LogP) is 2.11. The Morgan fingerprint density at radius 3 is 2.38 bits per heavy atom. The van der Waals surface area contributed by atoms with E-state index in [1.165, 1.54) is 17.0 Å². The fourth-order valence-corrected chi connectivity index (χ4v) is 6.65. The van der Waals surface area contributed by atoms with Gasteiger partial charge in [-0.3, -0.25) is 14.4 Å². The first-order valence-corrected chi connectivity index (χ1v) is 14.0. The number of sulfonamides is 1. The number of hydrogen-bond donors (Lipinski definition) is 0. The van der Waals surface area contributed by atoms with Gasteiger partial charge in [0, 0.05) is 30.7 Å². The minimum absolute atomic E-state index is 0.0161. The predicted molar refractivity (Wildman–Crippen MR) is 138 cm³/mol. The first-order valence-electron chi connectivity index (χ1n) is 12.1. The summed E-state index contributed by atoms with van der Waals surface area (Å²) in [5.74, 6) is -0.757. The van der Waals surface area contributed by atoms with Crippen LogP contribution in [-0.2, 0) is 29.2 Å². The molecule has 2 heterocycles. The van der Waals surface area contributed by atoms with Crippen LogP contribution in [0.2, 0.25) is 5.02 Å². The van der Waals surface area contributed by atoms with Gasteiger partial charge in [0.05, 0.1) is 4.90 Å².